The van der Waals surface area contributed by atoms with Gasteiger partial charge in [0.15, 0.2) is 0 Å². The van der Waals surface area contributed by atoms with Crippen LogP contribution in [-0.2, 0) is 6.42 Å². The van der Waals surface area contributed by atoms with Crippen LogP contribution in [0.15, 0.2) is 48.6 Å². The Bertz CT molecular complexity index is 704. The summed E-state index contributed by atoms with van der Waals surface area (Å²) in [6.45, 7) is 2.28. The number of benzene rings is 1. The summed E-state index contributed by atoms with van der Waals surface area (Å²) in [5, 5.41) is 8.50. The predicted molar refractivity (Wildman–Crippen MR) is 133 cm³/mol. The lowest BCUT2D eigenvalue weighted by molar-refractivity contribution is 0.157. The SMILES string of the molecule is CCCCCc1ccc(C2CCC(C3CCC(CC/C=C/C=C/C#N)CC3)CC2)cc1. The molecule has 168 valence electrons. The van der Waals surface area contributed by atoms with Crippen molar-refractivity contribution in [1.29, 1.82) is 5.26 Å². The lowest BCUT2D eigenvalue weighted by Crippen LogP contribution is -2.25. The lowest BCUT2D eigenvalue weighted by Gasteiger charge is -2.38. The highest BCUT2D eigenvalue weighted by Crippen LogP contribution is 2.44. The van der Waals surface area contributed by atoms with Crippen LogP contribution in [0.5, 0.6) is 0 Å². The van der Waals surface area contributed by atoms with Crippen molar-refractivity contribution in [2.75, 3.05) is 0 Å². The van der Waals surface area contributed by atoms with Crippen LogP contribution in [0.1, 0.15) is 107 Å². The van der Waals surface area contributed by atoms with Gasteiger partial charge in [-0.2, -0.15) is 5.26 Å². The molecule has 2 saturated carbocycles. The molecule has 0 heterocycles. The van der Waals surface area contributed by atoms with Gasteiger partial charge in [0.1, 0.15) is 0 Å². The number of hydrogen-bond acceptors (Lipinski definition) is 1. The molecule has 0 N–H and O–H groups in total. The van der Waals surface area contributed by atoms with E-state index < -0.39 is 0 Å². The highest BCUT2D eigenvalue weighted by atomic mass is 14.4. The molecule has 2 fully saturated rings. The summed E-state index contributed by atoms with van der Waals surface area (Å²) in [6.07, 6.45) is 26.9. The number of aryl methyl sites for hydroxylation is 1. The molecular formula is C30H43N. The van der Waals surface area contributed by atoms with Crippen LogP contribution in [0.4, 0.5) is 0 Å². The Kier molecular flexibility index (Phi) is 10.4. The Labute approximate surface area is 191 Å². The van der Waals surface area contributed by atoms with E-state index in [4.69, 9.17) is 5.26 Å². The number of nitrogens with zero attached hydrogens (tertiary/aromatic N) is 1. The number of hydrogen-bond donors (Lipinski definition) is 0. The third kappa shape index (κ3) is 7.99. The molecule has 2 aliphatic rings. The first-order chi connectivity index (χ1) is 15.3. The quantitative estimate of drug-likeness (QED) is 0.212. The van der Waals surface area contributed by atoms with Gasteiger partial charge in [-0.05, 0) is 99.0 Å². The second-order valence-electron chi connectivity index (χ2n) is 10.1. The van der Waals surface area contributed by atoms with E-state index in [1.165, 1.54) is 89.0 Å². The molecule has 0 amide bonds. The predicted octanol–water partition coefficient (Wildman–Crippen LogP) is 8.92. The Hall–Kier alpha value is -1.81. The summed E-state index contributed by atoms with van der Waals surface area (Å²) in [7, 11) is 0. The number of allylic oxidation sites excluding steroid dienone is 4. The van der Waals surface area contributed by atoms with E-state index in [-0.39, 0.29) is 0 Å². The van der Waals surface area contributed by atoms with E-state index in [9.17, 15) is 0 Å². The second-order valence-corrected chi connectivity index (χ2v) is 10.1. The molecule has 0 saturated heterocycles. The summed E-state index contributed by atoms with van der Waals surface area (Å²) in [4.78, 5) is 0. The van der Waals surface area contributed by atoms with Crippen molar-refractivity contribution in [2.45, 2.75) is 103 Å². The third-order valence-corrected chi connectivity index (χ3v) is 8.01. The molecule has 31 heavy (non-hydrogen) atoms. The maximum atomic E-state index is 8.50. The Morgan fingerprint density at radius 3 is 2.19 bits per heavy atom. The van der Waals surface area contributed by atoms with Gasteiger partial charge in [0.25, 0.3) is 0 Å². The molecule has 1 aromatic carbocycles. The van der Waals surface area contributed by atoms with E-state index in [2.05, 4.69) is 37.3 Å². The highest BCUT2D eigenvalue weighted by molar-refractivity contribution is 5.26. The van der Waals surface area contributed by atoms with Gasteiger partial charge in [0.05, 0.1) is 6.07 Å². The zero-order valence-electron chi connectivity index (χ0n) is 19.8. The first-order valence-corrected chi connectivity index (χ1v) is 13.1. The molecule has 0 bridgehead atoms. The van der Waals surface area contributed by atoms with Crippen LogP contribution in [-0.4, -0.2) is 0 Å². The third-order valence-electron chi connectivity index (χ3n) is 8.01. The van der Waals surface area contributed by atoms with Gasteiger partial charge in [-0.15, -0.1) is 0 Å². The van der Waals surface area contributed by atoms with Gasteiger partial charge in [-0.3, -0.25) is 0 Å². The standard InChI is InChI=1S/C30H43N/c1-2-3-7-10-25-12-16-27(17-13-25)29-20-22-30(23-21-29)28-18-14-26(15-19-28)11-8-5-4-6-9-24-31/h4-6,9,12-13,16-17,26,28-30H,2-3,7-8,10-11,14-15,18-23H2,1H3/b5-4+,9-6+. The molecule has 1 aromatic rings. The van der Waals surface area contributed by atoms with E-state index in [1.54, 1.807) is 11.6 Å². The average Bonchev–Trinajstić information content (AvgIpc) is 2.82. The molecular weight excluding hydrogens is 374 g/mol. The summed E-state index contributed by atoms with van der Waals surface area (Å²) < 4.78 is 0. The number of nitriles is 1. The van der Waals surface area contributed by atoms with Crippen molar-refractivity contribution in [2.24, 2.45) is 17.8 Å². The molecule has 0 unspecified atom stereocenters. The van der Waals surface area contributed by atoms with Crippen LogP contribution in [0.2, 0.25) is 0 Å². The van der Waals surface area contributed by atoms with E-state index in [0.29, 0.717) is 0 Å². The number of unbranched alkanes of at least 4 members (excludes halogenated alkanes) is 2. The Morgan fingerprint density at radius 2 is 1.55 bits per heavy atom. The first-order valence-electron chi connectivity index (χ1n) is 13.1. The van der Waals surface area contributed by atoms with Crippen LogP contribution in [0.25, 0.3) is 0 Å². The van der Waals surface area contributed by atoms with Crippen molar-refractivity contribution < 1.29 is 0 Å². The minimum atomic E-state index is 0.805. The molecule has 0 aromatic heterocycles. The molecule has 1 heteroatoms. The summed E-state index contributed by atoms with van der Waals surface area (Å²) in [5.41, 5.74) is 3.12. The van der Waals surface area contributed by atoms with Gasteiger partial charge in [0.2, 0.25) is 0 Å². The molecule has 0 atom stereocenters. The minimum Gasteiger partial charge on any atom is -0.193 e. The van der Waals surface area contributed by atoms with Crippen molar-refractivity contribution in [1.82, 2.24) is 0 Å². The Balaban J connectivity index is 1.34. The summed E-state index contributed by atoms with van der Waals surface area (Å²) in [6, 6.07) is 11.7. The topological polar surface area (TPSA) is 23.8 Å². The van der Waals surface area contributed by atoms with E-state index >= 15 is 0 Å². The molecule has 0 radical (unpaired) electrons. The first kappa shape index (κ1) is 23.8. The van der Waals surface area contributed by atoms with E-state index in [1.807, 2.05) is 18.2 Å². The van der Waals surface area contributed by atoms with Gasteiger partial charge < -0.3 is 0 Å². The van der Waals surface area contributed by atoms with Crippen molar-refractivity contribution >= 4 is 0 Å². The minimum absolute atomic E-state index is 0.805. The molecule has 2 aliphatic carbocycles. The Morgan fingerprint density at radius 1 is 0.871 bits per heavy atom. The van der Waals surface area contributed by atoms with Crippen molar-refractivity contribution in [3.8, 4) is 6.07 Å². The van der Waals surface area contributed by atoms with Gasteiger partial charge >= 0.3 is 0 Å². The lowest BCUT2D eigenvalue weighted by atomic mass is 9.68. The van der Waals surface area contributed by atoms with Crippen molar-refractivity contribution in [3.05, 3.63) is 59.7 Å². The smallest absolute Gasteiger partial charge is 0.0912 e. The summed E-state index contributed by atoms with van der Waals surface area (Å²) >= 11 is 0. The van der Waals surface area contributed by atoms with Crippen LogP contribution >= 0.6 is 0 Å². The molecule has 1 nitrogen and oxygen atoms in total. The second kappa shape index (κ2) is 13.6. The highest BCUT2D eigenvalue weighted by Gasteiger charge is 2.31. The van der Waals surface area contributed by atoms with Crippen LogP contribution < -0.4 is 0 Å². The normalized spacial score (nSPS) is 27.0. The fraction of sp³-hybridized carbons (Fsp3) is 0.633. The fourth-order valence-electron chi connectivity index (χ4n) is 6.01. The maximum absolute atomic E-state index is 8.50. The molecule has 0 spiro atoms. The molecule has 0 aliphatic heterocycles. The zero-order valence-corrected chi connectivity index (χ0v) is 19.8. The van der Waals surface area contributed by atoms with Crippen LogP contribution in [0, 0.1) is 29.1 Å². The van der Waals surface area contributed by atoms with Gasteiger partial charge in [-0.1, -0.05) is 75.1 Å². The largest absolute Gasteiger partial charge is 0.193 e. The van der Waals surface area contributed by atoms with Gasteiger partial charge in [0, 0.05) is 6.08 Å². The number of rotatable bonds is 10. The summed E-state index contributed by atoms with van der Waals surface area (Å²) in [5.74, 6) is 3.71. The zero-order chi connectivity index (χ0) is 21.7. The monoisotopic (exact) mass is 417 g/mol. The maximum Gasteiger partial charge on any atom is 0.0912 e. The molecule has 3 rings (SSSR count). The van der Waals surface area contributed by atoms with Crippen LogP contribution in [0.3, 0.4) is 0 Å². The van der Waals surface area contributed by atoms with Gasteiger partial charge in [-0.25, -0.2) is 0 Å². The van der Waals surface area contributed by atoms with E-state index in [0.717, 1.165) is 30.1 Å². The van der Waals surface area contributed by atoms with Crippen molar-refractivity contribution in [3.63, 3.8) is 0 Å². The average molecular weight is 418 g/mol. The fourth-order valence-corrected chi connectivity index (χ4v) is 6.01.